The number of pyridine rings is 1. The lowest BCUT2D eigenvalue weighted by atomic mass is 10.1. The number of H-pyrrole nitrogens is 1. The molecule has 0 amide bonds. The summed E-state index contributed by atoms with van der Waals surface area (Å²) in [4.78, 5) is 15.0. The standard InChI is InChI=1S/C17H15ClN2O4S/c1-24-14-4-7-16-11(9-14)8-12(17(21)20-16)10-19-25(22,23)15-5-2-13(18)3-6-15/h2-9,19H,10H2,1H3,(H,20,21). The minimum absolute atomic E-state index is 0.0794. The number of rotatable bonds is 5. The summed E-state index contributed by atoms with van der Waals surface area (Å²) < 4.78 is 32.2. The van der Waals surface area contributed by atoms with Gasteiger partial charge in [0.15, 0.2) is 0 Å². The van der Waals surface area contributed by atoms with Gasteiger partial charge in [-0.3, -0.25) is 4.79 Å². The van der Waals surface area contributed by atoms with Crippen LogP contribution in [0.4, 0.5) is 0 Å². The molecule has 0 aliphatic rings. The van der Waals surface area contributed by atoms with E-state index in [9.17, 15) is 13.2 Å². The van der Waals surface area contributed by atoms with Gasteiger partial charge in [-0.15, -0.1) is 0 Å². The minimum Gasteiger partial charge on any atom is -0.497 e. The Bertz CT molecular complexity index is 1080. The number of aromatic nitrogens is 1. The first-order valence-corrected chi connectivity index (χ1v) is 9.20. The van der Waals surface area contributed by atoms with Crippen molar-refractivity contribution in [1.82, 2.24) is 9.71 Å². The molecule has 2 aromatic carbocycles. The largest absolute Gasteiger partial charge is 0.497 e. The molecule has 1 heterocycles. The summed E-state index contributed by atoms with van der Waals surface area (Å²) in [7, 11) is -2.19. The molecular formula is C17H15ClN2O4S. The molecule has 8 heteroatoms. The van der Waals surface area contributed by atoms with Gasteiger partial charge in [0.25, 0.3) is 5.56 Å². The van der Waals surface area contributed by atoms with Gasteiger partial charge in [0.2, 0.25) is 10.0 Å². The lowest BCUT2D eigenvalue weighted by Crippen LogP contribution is -2.26. The van der Waals surface area contributed by atoms with Crippen molar-refractivity contribution in [3.63, 3.8) is 0 Å². The molecule has 0 bridgehead atoms. The van der Waals surface area contributed by atoms with Gasteiger partial charge < -0.3 is 9.72 Å². The molecule has 1 aromatic heterocycles. The maximum absolute atomic E-state index is 12.3. The van der Waals surface area contributed by atoms with E-state index in [0.717, 1.165) is 5.39 Å². The van der Waals surface area contributed by atoms with Crippen LogP contribution >= 0.6 is 11.6 Å². The molecule has 2 N–H and O–H groups in total. The number of nitrogens with one attached hydrogen (secondary N) is 2. The second kappa shape index (κ2) is 6.87. The van der Waals surface area contributed by atoms with Crippen LogP contribution in [0, 0.1) is 0 Å². The molecule has 0 aliphatic heterocycles. The van der Waals surface area contributed by atoms with Crippen LogP contribution in [-0.2, 0) is 16.6 Å². The Kier molecular flexibility index (Phi) is 4.80. The second-order valence-corrected chi connectivity index (χ2v) is 7.56. The molecular weight excluding hydrogens is 364 g/mol. The number of methoxy groups -OCH3 is 1. The van der Waals surface area contributed by atoms with Gasteiger partial charge in [-0.2, -0.15) is 0 Å². The fourth-order valence-electron chi connectivity index (χ4n) is 2.36. The Morgan fingerprint density at radius 2 is 1.84 bits per heavy atom. The van der Waals surface area contributed by atoms with E-state index in [1.165, 1.54) is 24.3 Å². The van der Waals surface area contributed by atoms with Crippen LogP contribution in [0.2, 0.25) is 5.02 Å². The number of aromatic amines is 1. The van der Waals surface area contributed by atoms with Crippen molar-refractivity contribution >= 4 is 32.5 Å². The summed E-state index contributed by atoms with van der Waals surface area (Å²) in [6, 6.07) is 12.7. The summed E-state index contributed by atoms with van der Waals surface area (Å²) >= 11 is 5.76. The van der Waals surface area contributed by atoms with Crippen LogP contribution in [-0.4, -0.2) is 20.5 Å². The van der Waals surface area contributed by atoms with Crippen molar-refractivity contribution in [2.75, 3.05) is 7.11 Å². The lowest BCUT2D eigenvalue weighted by Gasteiger charge is -2.08. The van der Waals surface area contributed by atoms with Crippen LogP contribution in [0.1, 0.15) is 5.56 Å². The van der Waals surface area contributed by atoms with E-state index in [2.05, 4.69) is 9.71 Å². The van der Waals surface area contributed by atoms with Gasteiger partial charge in [-0.1, -0.05) is 11.6 Å². The van der Waals surface area contributed by atoms with E-state index < -0.39 is 10.0 Å². The highest BCUT2D eigenvalue weighted by Crippen LogP contribution is 2.19. The zero-order valence-electron chi connectivity index (χ0n) is 13.2. The highest BCUT2D eigenvalue weighted by atomic mass is 35.5. The normalized spacial score (nSPS) is 11.6. The van der Waals surface area contributed by atoms with Crippen molar-refractivity contribution in [1.29, 1.82) is 0 Å². The fourth-order valence-corrected chi connectivity index (χ4v) is 3.49. The van der Waals surface area contributed by atoms with Gasteiger partial charge in [0, 0.05) is 28.0 Å². The van der Waals surface area contributed by atoms with Crippen LogP contribution in [0.15, 0.2) is 58.2 Å². The third-order valence-electron chi connectivity index (χ3n) is 3.70. The van der Waals surface area contributed by atoms with E-state index in [4.69, 9.17) is 16.3 Å². The summed E-state index contributed by atoms with van der Waals surface area (Å²) in [6.45, 7) is -0.132. The first-order valence-electron chi connectivity index (χ1n) is 7.34. The molecule has 0 aliphatic carbocycles. The number of hydrogen-bond acceptors (Lipinski definition) is 4. The quantitative estimate of drug-likeness (QED) is 0.714. The molecule has 6 nitrogen and oxygen atoms in total. The average molecular weight is 379 g/mol. The summed E-state index contributed by atoms with van der Waals surface area (Å²) in [5.41, 5.74) is 0.602. The average Bonchev–Trinajstić information content (AvgIpc) is 2.60. The molecule has 3 rings (SSSR count). The number of ether oxygens (including phenoxy) is 1. The second-order valence-electron chi connectivity index (χ2n) is 5.36. The predicted molar refractivity (Wildman–Crippen MR) is 96.6 cm³/mol. The molecule has 0 fully saturated rings. The van der Waals surface area contributed by atoms with Crippen molar-refractivity contribution < 1.29 is 13.2 Å². The molecule has 130 valence electrons. The van der Waals surface area contributed by atoms with Gasteiger partial charge in [-0.05, 0) is 48.5 Å². The van der Waals surface area contributed by atoms with E-state index >= 15 is 0 Å². The van der Waals surface area contributed by atoms with Crippen LogP contribution in [0.5, 0.6) is 5.75 Å². The third-order valence-corrected chi connectivity index (χ3v) is 5.37. The van der Waals surface area contributed by atoms with Crippen LogP contribution in [0.25, 0.3) is 10.9 Å². The molecule has 0 spiro atoms. The number of hydrogen-bond donors (Lipinski definition) is 2. The monoisotopic (exact) mass is 378 g/mol. The zero-order chi connectivity index (χ0) is 18.0. The Morgan fingerprint density at radius 1 is 1.12 bits per heavy atom. The first-order chi connectivity index (χ1) is 11.9. The topological polar surface area (TPSA) is 88.3 Å². The van der Waals surface area contributed by atoms with Crippen molar-refractivity contribution in [3.05, 3.63) is 69.5 Å². The van der Waals surface area contributed by atoms with E-state index in [-0.39, 0.29) is 17.0 Å². The van der Waals surface area contributed by atoms with Gasteiger partial charge in [-0.25, -0.2) is 13.1 Å². The Balaban J connectivity index is 1.88. The van der Waals surface area contributed by atoms with Crippen molar-refractivity contribution in [2.24, 2.45) is 0 Å². The Labute approximate surface area is 149 Å². The number of fused-ring (bicyclic) bond motifs is 1. The van der Waals surface area contributed by atoms with Gasteiger partial charge in [0.1, 0.15) is 5.75 Å². The fraction of sp³-hybridized carbons (Fsp3) is 0.118. The van der Waals surface area contributed by atoms with E-state index in [1.807, 2.05) is 0 Å². The molecule has 0 saturated heterocycles. The molecule has 25 heavy (non-hydrogen) atoms. The Hall–Kier alpha value is -2.35. The highest BCUT2D eigenvalue weighted by Gasteiger charge is 2.14. The summed E-state index contributed by atoms with van der Waals surface area (Å²) in [5, 5.41) is 1.19. The molecule has 0 atom stereocenters. The third kappa shape index (κ3) is 3.84. The van der Waals surface area contributed by atoms with E-state index in [1.54, 1.807) is 31.4 Å². The molecule has 3 aromatic rings. The molecule has 0 radical (unpaired) electrons. The van der Waals surface area contributed by atoms with Crippen molar-refractivity contribution in [3.8, 4) is 5.75 Å². The molecule has 0 saturated carbocycles. The van der Waals surface area contributed by atoms with Crippen LogP contribution < -0.4 is 15.0 Å². The minimum atomic E-state index is -3.74. The predicted octanol–water partition coefficient (Wildman–Crippen LogP) is 2.67. The number of benzene rings is 2. The number of halogens is 1. The maximum atomic E-state index is 12.3. The van der Waals surface area contributed by atoms with Gasteiger partial charge in [0.05, 0.1) is 12.0 Å². The Morgan fingerprint density at radius 3 is 2.52 bits per heavy atom. The summed E-state index contributed by atoms with van der Waals surface area (Å²) in [5.74, 6) is 0.646. The number of sulfonamides is 1. The highest BCUT2D eigenvalue weighted by molar-refractivity contribution is 7.89. The zero-order valence-corrected chi connectivity index (χ0v) is 14.8. The molecule has 0 unspecified atom stereocenters. The maximum Gasteiger partial charge on any atom is 0.252 e. The van der Waals surface area contributed by atoms with Gasteiger partial charge >= 0.3 is 0 Å². The van der Waals surface area contributed by atoms with Crippen molar-refractivity contribution in [2.45, 2.75) is 11.4 Å². The SMILES string of the molecule is COc1ccc2[nH]c(=O)c(CNS(=O)(=O)c3ccc(Cl)cc3)cc2c1. The summed E-state index contributed by atoms with van der Waals surface area (Å²) in [6.07, 6.45) is 0. The van der Waals surface area contributed by atoms with Crippen LogP contribution in [0.3, 0.4) is 0 Å². The van der Waals surface area contributed by atoms with E-state index in [0.29, 0.717) is 21.9 Å². The lowest BCUT2D eigenvalue weighted by molar-refractivity contribution is 0.415. The first kappa shape index (κ1) is 17.5. The smallest absolute Gasteiger partial charge is 0.252 e.